The molecular formula is C20H22ClN3O2. The lowest BCUT2D eigenvalue weighted by atomic mass is 10.1. The van der Waals surface area contributed by atoms with Crippen molar-refractivity contribution in [3.63, 3.8) is 0 Å². The molecule has 0 unspecified atom stereocenters. The molecule has 2 amide bonds. The molecule has 0 radical (unpaired) electrons. The molecule has 2 atom stereocenters. The molecule has 1 aliphatic rings. The van der Waals surface area contributed by atoms with Gasteiger partial charge in [-0.05, 0) is 43.7 Å². The molecule has 1 heterocycles. The molecule has 0 fully saturated rings. The van der Waals surface area contributed by atoms with Crippen molar-refractivity contribution in [2.45, 2.75) is 32.4 Å². The number of nitrogens with one attached hydrogen (secondary N) is 2. The average Bonchev–Trinajstić information content (AvgIpc) is 2.74. The van der Waals surface area contributed by atoms with E-state index in [1.165, 1.54) is 0 Å². The topological polar surface area (TPSA) is 61.4 Å². The van der Waals surface area contributed by atoms with E-state index in [9.17, 15) is 9.59 Å². The first-order chi connectivity index (χ1) is 12.5. The van der Waals surface area contributed by atoms with Crippen molar-refractivity contribution in [1.82, 2.24) is 5.32 Å². The molecule has 2 aromatic rings. The number of halogens is 1. The third kappa shape index (κ3) is 4.06. The lowest BCUT2D eigenvalue weighted by Crippen LogP contribution is -2.44. The zero-order chi connectivity index (χ0) is 18.7. The standard InChI is InChI=1S/C20H22ClN3O2/c1-13-11-19(25)23-17-5-3-4-6-18(17)24(13)20(26)12-22-14(2)15-7-9-16(21)10-8-15/h3-10,13-14,22H,11-12H2,1-2H3,(H,23,25)/t13-,14+/m1/s1. The van der Waals surface area contributed by atoms with E-state index in [4.69, 9.17) is 11.6 Å². The summed E-state index contributed by atoms with van der Waals surface area (Å²) in [5, 5.41) is 6.81. The first kappa shape index (κ1) is 18.4. The molecule has 2 aromatic carbocycles. The summed E-state index contributed by atoms with van der Waals surface area (Å²) in [5.74, 6) is -0.148. The molecule has 0 bridgehead atoms. The number of hydrogen-bond acceptors (Lipinski definition) is 3. The van der Waals surface area contributed by atoms with Gasteiger partial charge in [0.25, 0.3) is 0 Å². The van der Waals surface area contributed by atoms with E-state index in [0.29, 0.717) is 10.7 Å². The Hall–Kier alpha value is -2.37. The molecule has 0 aliphatic carbocycles. The first-order valence-corrected chi connectivity index (χ1v) is 9.03. The molecule has 3 rings (SSSR count). The molecule has 6 heteroatoms. The maximum Gasteiger partial charge on any atom is 0.241 e. The van der Waals surface area contributed by atoms with Crippen LogP contribution in [0.2, 0.25) is 5.02 Å². The molecule has 0 aromatic heterocycles. The number of nitrogens with zero attached hydrogens (tertiary/aromatic N) is 1. The normalized spacial score (nSPS) is 17.9. The Morgan fingerprint density at radius 1 is 1.27 bits per heavy atom. The highest BCUT2D eigenvalue weighted by Crippen LogP contribution is 2.31. The van der Waals surface area contributed by atoms with E-state index in [-0.39, 0.29) is 36.9 Å². The van der Waals surface area contributed by atoms with Crippen molar-refractivity contribution < 1.29 is 9.59 Å². The van der Waals surface area contributed by atoms with Gasteiger partial charge in [0.2, 0.25) is 11.8 Å². The summed E-state index contributed by atoms with van der Waals surface area (Å²) in [6.45, 7) is 4.07. The molecule has 0 spiro atoms. The molecule has 26 heavy (non-hydrogen) atoms. The zero-order valence-corrected chi connectivity index (χ0v) is 15.6. The largest absolute Gasteiger partial charge is 0.324 e. The van der Waals surface area contributed by atoms with Crippen LogP contribution in [-0.4, -0.2) is 24.4 Å². The number of benzene rings is 2. The quantitative estimate of drug-likeness (QED) is 0.860. The number of carbonyl (C=O) groups excluding carboxylic acids is 2. The van der Waals surface area contributed by atoms with Gasteiger partial charge in [-0.1, -0.05) is 35.9 Å². The van der Waals surface area contributed by atoms with Crippen LogP contribution in [0, 0.1) is 0 Å². The fraction of sp³-hybridized carbons (Fsp3) is 0.300. The minimum absolute atomic E-state index is 0.00787. The van der Waals surface area contributed by atoms with Crippen molar-refractivity contribution in [2.24, 2.45) is 0 Å². The summed E-state index contributed by atoms with van der Waals surface area (Å²) in [6.07, 6.45) is 0.271. The minimum atomic E-state index is -0.209. The number of amides is 2. The molecule has 1 aliphatic heterocycles. The summed E-state index contributed by atoms with van der Waals surface area (Å²) in [6, 6.07) is 14.7. The Kier molecular flexibility index (Phi) is 5.59. The summed E-state index contributed by atoms with van der Waals surface area (Å²) < 4.78 is 0. The van der Waals surface area contributed by atoms with Crippen LogP contribution in [0.1, 0.15) is 31.9 Å². The van der Waals surface area contributed by atoms with Gasteiger partial charge in [-0.2, -0.15) is 0 Å². The molecule has 0 saturated heterocycles. The van der Waals surface area contributed by atoms with Crippen LogP contribution in [0.15, 0.2) is 48.5 Å². The fourth-order valence-corrected chi connectivity index (χ4v) is 3.29. The number of para-hydroxylation sites is 2. The van der Waals surface area contributed by atoms with Gasteiger partial charge in [0.15, 0.2) is 0 Å². The van der Waals surface area contributed by atoms with Crippen LogP contribution in [-0.2, 0) is 9.59 Å². The Bertz CT molecular complexity index is 807. The summed E-state index contributed by atoms with van der Waals surface area (Å²) in [4.78, 5) is 26.7. The van der Waals surface area contributed by atoms with Crippen LogP contribution < -0.4 is 15.5 Å². The minimum Gasteiger partial charge on any atom is -0.324 e. The lowest BCUT2D eigenvalue weighted by molar-refractivity contribution is -0.118. The summed E-state index contributed by atoms with van der Waals surface area (Å²) >= 11 is 5.92. The Labute approximate surface area is 158 Å². The van der Waals surface area contributed by atoms with E-state index in [1.807, 2.05) is 62.4 Å². The van der Waals surface area contributed by atoms with Gasteiger partial charge in [0, 0.05) is 23.5 Å². The Morgan fingerprint density at radius 3 is 2.69 bits per heavy atom. The van der Waals surface area contributed by atoms with Crippen molar-refractivity contribution in [3.05, 3.63) is 59.1 Å². The van der Waals surface area contributed by atoms with E-state index >= 15 is 0 Å². The Morgan fingerprint density at radius 2 is 1.96 bits per heavy atom. The third-order valence-electron chi connectivity index (χ3n) is 4.56. The van der Waals surface area contributed by atoms with E-state index in [2.05, 4.69) is 10.6 Å². The van der Waals surface area contributed by atoms with Crippen LogP contribution >= 0.6 is 11.6 Å². The number of rotatable bonds is 4. The zero-order valence-electron chi connectivity index (χ0n) is 14.8. The fourth-order valence-electron chi connectivity index (χ4n) is 3.16. The van der Waals surface area contributed by atoms with E-state index in [0.717, 1.165) is 11.3 Å². The SMILES string of the molecule is C[C@H](NCC(=O)N1c2ccccc2NC(=O)C[C@H]1C)c1ccc(Cl)cc1. The number of carbonyl (C=O) groups is 2. The molecule has 0 saturated carbocycles. The smallest absolute Gasteiger partial charge is 0.241 e. The highest BCUT2D eigenvalue weighted by atomic mass is 35.5. The number of anilines is 2. The highest BCUT2D eigenvalue weighted by molar-refractivity contribution is 6.30. The monoisotopic (exact) mass is 371 g/mol. The maximum absolute atomic E-state index is 12.9. The van der Waals surface area contributed by atoms with Crippen molar-refractivity contribution in [2.75, 3.05) is 16.8 Å². The second-order valence-electron chi connectivity index (χ2n) is 6.54. The van der Waals surface area contributed by atoms with Gasteiger partial charge >= 0.3 is 0 Å². The average molecular weight is 372 g/mol. The van der Waals surface area contributed by atoms with E-state index in [1.54, 1.807) is 4.90 Å². The van der Waals surface area contributed by atoms with Crippen LogP contribution in [0.4, 0.5) is 11.4 Å². The van der Waals surface area contributed by atoms with Crippen LogP contribution in [0.5, 0.6) is 0 Å². The van der Waals surface area contributed by atoms with Gasteiger partial charge in [0.05, 0.1) is 17.9 Å². The number of fused-ring (bicyclic) bond motifs is 1. The van der Waals surface area contributed by atoms with Gasteiger partial charge in [-0.15, -0.1) is 0 Å². The summed E-state index contributed by atoms with van der Waals surface area (Å²) in [5.41, 5.74) is 2.46. The van der Waals surface area contributed by atoms with Crippen molar-refractivity contribution in [3.8, 4) is 0 Å². The third-order valence-corrected chi connectivity index (χ3v) is 4.81. The predicted octanol–water partition coefficient (Wildman–Crippen LogP) is 3.75. The van der Waals surface area contributed by atoms with E-state index < -0.39 is 0 Å². The van der Waals surface area contributed by atoms with Crippen molar-refractivity contribution in [1.29, 1.82) is 0 Å². The van der Waals surface area contributed by atoms with Crippen LogP contribution in [0.3, 0.4) is 0 Å². The maximum atomic E-state index is 12.9. The molecular weight excluding hydrogens is 350 g/mol. The second kappa shape index (κ2) is 7.89. The number of hydrogen-bond donors (Lipinski definition) is 2. The van der Waals surface area contributed by atoms with Crippen LogP contribution in [0.25, 0.3) is 0 Å². The Balaban J connectivity index is 1.74. The highest BCUT2D eigenvalue weighted by Gasteiger charge is 2.29. The lowest BCUT2D eigenvalue weighted by Gasteiger charge is -2.28. The summed E-state index contributed by atoms with van der Waals surface area (Å²) in [7, 11) is 0. The van der Waals surface area contributed by atoms with Gasteiger partial charge in [-0.25, -0.2) is 0 Å². The second-order valence-corrected chi connectivity index (χ2v) is 6.97. The predicted molar refractivity (Wildman–Crippen MR) is 105 cm³/mol. The van der Waals surface area contributed by atoms with Gasteiger partial charge < -0.3 is 15.5 Å². The first-order valence-electron chi connectivity index (χ1n) is 8.65. The van der Waals surface area contributed by atoms with Crippen molar-refractivity contribution >= 4 is 34.8 Å². The molecule has 2 N–H and O–H groups in total. The molecule has 136 valence electrons. The molecule has 5 nitrogen and oxygen atoms in total. The van der Waals surface area contributed by atoms with Gasteiger partial charge in [0.1, 0.15) is 0 Å². The van der Waals surface area contributed by atoms with Gasteiger partial charge in [-0.3, -0.25) is 9.59 Å².